The molecule has 4 nitrogen and oxygen atoms in total. The van der Waals surface area contributed by atoms with Gasteiger partial charge in [-0.3, -0.25) is 4.79 Å². The van der Waals surface area contributed by atoms with Gasteiger partial charge < -0.3 is 9.84 Å². The molecule has 1 N–H and O–H groups in total. The molecule has 0 heterocycles. The average molecular weight is 301 g/mol. The Balaban J connectivity index is 3.08. The molecule has 0 spiro atoms. The van der Waals surface area contributed by atoms with Crippen molar-refractivity contribution in [1.29, 1.82) is 0 Å². The van der Waals surface area contributed by atoms with Crippen molar-refractivity contribution in [2.45, 2.75) is 24.3 Å². The van der Waals surface area contributed by atoms with Crippen LogP contribution in [0.1, 0.15) is 19.4 Å². The molecule has 0 saturated carbocycles. The van der Waals surface area contributed by atoms with E-state index in [0.717, 1.165) is 5.56 Å². The third kappa shape index (κ3) is 3.30. The van der Waals surface area contributed by atoms with Crippen LogP contribution >= 0.6 is 15.9 Å². The Bertz CT molecular complexity index is 414. The number of hydrogen-bond donors (Lipinski definition) is 1. The second kappa shape index (κ2) is 5.31. The number of benzene rings is 1. The first kappa shape index (κ1) is 13.7. The maximum absolute atomic E-state index is 11.1. The lowest BCUT2D eigenvalue weighted by molar-refractivity contribution is -0.164. The number of carboxylic acids is 1. The minimum Gasteiger partial charge on any atom is -0.478 e. The van der Waals surface area contributed by atoms with Crippen LogP contribution < -0.4 is 0 Å². The number of carboxylic acid groups (broad SMARTS) is 1. The van der Waals surface area contributed by atoms with Crippen molar-refractivity contribution < 1.29 is 19.4 Å². The van der Waals surface area contributed by atoms with E-state index >= 15 is 0 Å². The molecule has 0 saturated heterocycles. The Hall–Kier alpha value is -1.36. The van der Waals surface area contributed by atoms with Crippen LogP contribution in [0.4, 0.5) is 0 Å². The van der Waals surface area contributed by atoms with Crippen LogP contribution in [0.3, 0.4) is 0 Å². The van der Waals surface area contributed by atoms with Gasteiger partial charge in [-0.2, -0.15) is 0 Å². The summed E-state index contributed by atoms with van der Waals surface area (Å²) < 4.78 is 3.88. The Morgan fingerprint density at radius 2 is 1.88 bits per heavy atom. The maximum Gasteiger partial charge on any atom is 0.346 e. The number of aliphatic carboxylic acids is 1. The van der Waals surface area contributed by atoms with E-state index in [4.69, 9.17) is 9.84 Å². The standard InChI is InChI=1S/C12H13BrO4/c1-8(14)17-10(11(15)16)12(2,13)9-6-4-3-5-7-9/h3-7,10H,1-2H3,(H,15,16)/t10-,12+/m1/s1. The zero-order chi connectivity index (χ0) is 13.1. The van der Waals surface area contributed by atoms with Crippen LogP contribution in [-0.4, -0.2) is 23.1 Å². The normalized spacial score (nSPS) is 15.7. The topological polar surface area (TPSA) is 63.6 Å². The SMILES string of the molecule is CC(=O)O[C@H](C(=O)O)[C@@](C)(Br)c1ccccc1. The number of carbonyl (C=O) groups excluding carboxylic acids is 1. The smallest absolute Gasteiger partial charge is 0.346 e. The molecular weight excluding hydrogens is 288 g/mol. The summed E-state index contributed by atoms with van der Waals surface area (Å²) in [6.45, 7) is 2.84. The van der Waals surface area contributed by atoms with Crippen molar-refractivity contribution in [3.63, 3.8) is 0 Å². The van der Waals surface area contributed by atoms with Crippen molar-refractivity contribution >= 4 is 27.9 Å². The highest BCUT2D eigenvalue weighted by Gasteiger charge is 2.41. The Morgan fingerprint density at radius 1 is 1.35 bits per heavy atom. The van der Waals surface area contributed by atoms with Crippen molar-refractivity contribution in [3.05, 3.63) is 35.9 Å². The zero-order valence-electron chi connectivity index (χ0n) is 9.51. The summed E-state index contributed by atoms with van der Waals surface area (Å²) in [6, 6.07) is 8.96. The molecular formula is C12H13BrO4. The van der Waals surface area contributed by atoms with Gasteiger partial charge in [-0.25, -0.2) is 4.79 Å². The summed E-state index contributed by atoms with van der Waals surface area (Å²) in [5, 5.41) is 9.11. The Kier molecular flexibility index (Phi) is 4.28. The number of esters is 1. The fourth-order valence-corrected chi connectivity index (χ4v) is 2.03. The quantitative estimate of drug-likeness (QED) is 0.684. The van der Waals surface area contributed by atoms with Gasteiger partial charge in [0.15, 0.2) is 0 Å². The van der Waals surface area contributed by atoms with Crippen molar-refractivity contribution in [3.8, 4) is 0 Å². The van der Waals surface area contributed by atoms with E-state index in [1.54, 1.807) is 31.2 Å². The highest BCUT2D eigenvalue weighted by atomic mass is 79.9. The predicted molar refractivity (Wildman–Crippen MR) is 65.9 cm³/mol. The molecule has 1 aromatic carbocycles. The van der Waals surface area contributed by atoms with Gasteiger partial charge >= 0.3 is 11.9 Å². The highest BCUT2D eigenvalue weighted by molar-refractivity contribution is 9.09. The molecule has 1 rings (SSSR count). The molecule has 0 radical (unpaired) electrons. The number of rotatable bonds is 4. The Labute approximate surface area is 108 Å². The van der Waals surface area contributed by atoms with Gasteiger partial charge in [0.2, 0.25) is 6.10 Å². The minimum absolute atomic E-state index is 0.626. The van der Waals surface area contributed by atoms with Crippen molar-refractivity contribution in [2.24, 2.45) is 0 Å². The lowest BCUT2D eigenvalue weighted by atomic mass is 9.95. The van der Waals surface area contributed by atoms with Gasteiger partial charge in [-0.1, -0.05) is 46.3 Å². The molecule has 17 heavy (non-hydrogen) atoms. The molecule has 0 amide bonds. The second-order valence-corrected chi connectivity index (χ2v) is 5.42. The molecule has 2 atom stereocenters. The fourth-order valence-electron chi connectivity index (χ4n) is 1.47. The largest absolute Gasteiger partial charge is 0.478 e. The fraction of sp³-hybridized carbons (Fsp3) is 0.333. The van der Waals surface area contributed by atoms with E-state index in [2.05, 4.69) is 15.9 Å². The van der Waals surface area contributed by atoms with Crippen LogP contribution in [0.5, 0.6) is 0 Å². The lowest BCUT2D eigenvalue weighted by Gasteiger charge is -2.29. The van der Waals surface area contributed by atoms with Gasteiger partial charge in [-0.05, 0) is 12.5 Å². The predicted octanol–water partition coefficient (Wildman–Crippen LogP) is 2.31. The van der Waals surface area contributed by atoms with E-state index in [-0.39, 0.29) is 0 Å². The maximum atomic E-state index is 11.1. The number of alkyl halides is 1. The number of carbonyl (C=O) groups is 2. The molecule has 5 heteroatoms. The molecule has 0 bridgehead atoms. The summed E-state index contributed by atoms with van der Waals surface area (Å²) in [7, 11) is 0. The van der Waals surface area contributed by atoms with Gasteiger partial charge in [0.1, 0.15) is 0 Å². The minimum atomic E-state index is -1.28. The lowest BCUT2D eigenvalue weighted by Crippen LogP contribution is -2.41. The van der Waals surface area contributed by atoms with Crippen LogP contribution in [0.15, 0.2) is 30.3 Å². The zero-order valence-corrected chi connectivity index (χ0v) is 11.1. The first-order valence-electron chi connectivity index (χ1n) is 5.00. The molecule has 0 aromatic heterocycles. The van der Waals surface area contributed by atoms with Gasteiger partial charge in [0.05, 0.1) is 4.32 Å². The molecule has 0 aliphatic carbocycles. The summed E-state index contributed by atoms with van der Waals surface area (Å²) in [5.41, 5.74) is 0.730. The van der Waals surface area contributed by atoms with Crippen LogP contribution in [0.2, 0.25) is 0 Å². The van der Waals surface area contributed by atoms with E-state index in [1.807, 2.05) is 6.07 Å². The second-order valence-electron chi connectivity index (χ2n) is 3.77. The van der Waals surface area contributed by atoms with Crippen LogP contribution in [0.25, 0.3) is 0 Å². The van der Waals surface area contributed by atoms with Gasteiger partial charge in [0.25, 0.3) is 0 Å². The van der Waals surface area contributed by atoms with E-state index < -0.39 is 22.4 Å². The molecule has 0 aliphatic rings. The van der Waals surface area contributed by atoms with Gasteiger partial charge in [-0.15, -0.1) is 0 Å². The molecule has 0 aliphatic heterocycles. The molecule has 1 aromatic rings. The summed E-state index contributed by atoms with van der Waals surface area (Å²) >= 11 is 3.33. The first-order valence-corrected chi connectivity index (χ1v) is 5.79. The third-order valence-electron chi connectivity index (χ3n) is 2.34. The monoisotopic (exact) mass is 300 g/mol. The third-order valence-corrected chi connectivity index (χ3v) is 3.21. The van der Waals surface area contributed by atoms with Crippen LogP contribution in [0, 0.1) is 0 Å². The number of hydrogen-bond acceptors (Lipinski definition) is 3. The number of halogens is 1. The molecule has 0 unspecified atom stereocenters. The van der Waals surface area contributed by atoms with E-state index in [9.17, 15) is 9.59 Å². The van der Waals surface area contributed by atoms with Crippen LogP contribution in [-0.2, 0) is 18.7 Å². The number of ether oxygens (including phenoxy) is 1. The average Bonchev–Trinajstić information content (AvgIpc) is 2.26. The Morgan fingerprint density at radius 3 is 2.29 bits per heavy atom. The van der Waals surface area contributed by atoms with Crippen molar-refractivity contribution in [2.75, 3.05) is 0 Å². The van der Waals surface area contributed by atoms with E-state index in [0.29, 0.717) is 0 Å². The van der Waals surface area contributed by atoms with E-state index in [1.165, 1.54) is 6.92 Å². The first-order chi connectivity index (χ1) is 7.85. The highest BCUT2D eigenvalue weighted by Crippen LogP contribution is 2.36. The molecule has 92 valence electrons. The summed E-state index contributed by atoms with van der Waals surface area (Å²) in [4.78, 5) is 22.1. The van der Waals surface area contributed by atoms with Gasteiger partial charge in [0, 0.05) is 6.92 Å². The van der Waals surface area contributed by atoms with Crippen molar-refractivity contribution in [1.82, 2.24) is 0 Å². The summed E-state index contributed by atoms with van der Waals surface area (Å²) in [6.07, 6.45) is -1.28. The summed E-state index contributed by atoms with van der Waals surface area (Å²) in [5.74, 6) is -1.82. The molecule has 0 fully saturated rings.